The van der Waals surface area contributed by atoms with Crippen molar-refractivity contribution in [3.05, 3.63) is 0 Å². The summed E-state index contributed by atoms with van der Waals surface area (Å²) in [6.07, 6.45) is -0.253. The molecule has 0 spiro atoms. The first kappa shape index (κ1) is 16.2. The van der Waals surface area contributed by atoms with E-state index in [4.69, 9.17) is 18.9 Å². The first-order valence-corrected chi connectivity index (χ1v) is 7.43. The average molecular weight is 288 g/mol. The van der Waals surface area contributed by atoms with E-state index in [1.807, 2.05) is 34.6 Å². The Labute approximate surface area is 121 Å². The van der Waals surface area contributed by atoms with Crippen LogP contribution in [-0.4, -0.2) is 48.2 Å². The molecule has 20 heavy (non-hydrogen) atoms. The van der Waals surface area contributed by atoms with Crippen LogP contribution in [0.2, 0.25) is 0 Å². The van der Waals surface area contributed by atoms with Crippen molar-refractivity contribution in [1.82, 2.24) is 0 Å². The molecule has 0 aliphatic carbocycles. The van der Waals surface area contributed by atoms with Crippen LogP contribution in [0.3, 0.4) is 0 Å². The highest BCUT2D eigenvalue weighted by molar-refractivity contribution is 4.91. The second kappa shape index (κ2) is 5.54. The molecule has 0 unspecified atom stereocenters. The molecule has 1 N–H and O–H groups in total. The highest BCUT2D eigenvalue weighted by atomic mass is 16.8. The van der Waals surface area contributed by atoms with Crippen molar-refractivity contribution in [3.63, 3.8) is 0 Å². The van der Waals surface area contributed by atoms with E-state index < -0.39 is 11.6 Å². The van der Waals surface area contributed by atoms with Gasteiger partial charge in [0.1, 0.15) is 6.10 Å². The topological polar surface area (TPSA) is 57.2 Å². The molecule has 5 atom stereocenters. The van der Waals surface area contributed by atoms with Gasteiger partial charge in [-0.1, -0.05) is 13.8 Å². The summed E-state index contributed by atoms with van der Waals surface area (Å²) >= 11 is 0. The van der Waals surface area contributed by atoms with Crippen LogP contribution in [0.5, 0.6) is 0 Å². The number of aliphatic hydroxyl groups is 1. The predicted molar refractivity (Wildman–Crippen MR) is 74.1 cm³/mol. The first-order chi connectivity index (χ1) is 9.15. The van der Waals surface area contributed by atoms with Crippen LogP contribution < -0.4 is 0 Å². The fourth-order valence-corrected chi connectivity index (χ4v) is 3.11. The van der Waals surface area contributed by atoms with Crippen LogP contribution in [-0.2, 0) is 18.9 Å². The lowest BCUT2D eigenvalue weighted by Crippen LogP contribution is -2.56. The van der Waals surface area contributed by atoms with Crippen molar-refractivity contribution >= 4 is 0 Å². The van der Waals surface area contributed by atoms with E-state index in [2.05, 4.69) is 6.92 Å². The fraction of sp³-hybridized carbons (Fsp3) is 1.00. The summed E-state index contributed by atoms with van der Waals surface area (Å²) in [6.45, 7) is 12.4. The molecule has 2 aliphatic heterocycles. The Balaban J connectivity index is 2.15. The number of rotatable bonds is 3. The smallest absolute Gasteiger partial charge is 0.163 e. The minimum Gasteiger partial charge on any atom is -0.396 e. The molecule has 0 amide bonds. The molecule has 5 nitrogen and oxygen atoms in total. The van der Waals surface area contributed by atoms with Gasteiger partial charge >= 0.3 is 0 Å². The van der Waals surface area contributed by atoms with Crippen LogP contribution in [0.15, 0.2) is 0 Å². The second-order valence-corrected chi connectivity index (χ2v) is 6.95. The lowest BCUT2D eigenvalue weighted by molar-refractivity contribution is -0.342. The summed E-state index contributed by atoms with van der Waals surface area (Å²) in [5.74, 6) is -1.05. The molecule has 2 aliphatic rings. The second-order valence-electron chi connectivity index (χ2n) is 6.95. The Bertz CT molecular complexity index is 341. The van der Waals surface area contributed by atoms with E-state index in [9.17, 15) is 5.11 Å². The first-order valence-electron chi connectivity index (χ1n) is 7.43. The van der Waals surface area contributed by atoms with E-state index in [0.29, 0.717) is 6.61 Å². The van der Waals surface area contributed by atoms with Gasteiger partial charge in [-0.3, -0.25) is 0 Å². The SMILES string of the molecule is C[C@H]1[C@@H]([C@H](C)CO)OC(C)(C)O[C@@H]1[C@H]1COC(C)(C)O1. The number of hydrogen-bond donors (Lipinski definition) is 1. The number of ether oxygens (including phenoxy) is 4. The highest BCUT2D eigenvalue weighted by Crippen LogP contribution is 2.39. The molecule has 5 heteroatoms. The van der Waals surface area contributed by atoms with Gasteiger partial charge in [-0.2, -0.15) is 0 Å². The average Bonchev–Trinajstić information content (AvgIpc) is 2.71. The molecule has 2 fully saturated rings. The maximum atomic E-state index is 9.43. The van der Waals surface area contributed by atoms with Gasteiger partial charge in [-0.25, -0.2) is 0 Å². The molecule has 2 heterocycles. The van der Waals surface area contributed by atoms with Crippen LogP contribution in [0.1, 0.15) is 41.5 Å². The van der Waals surface area contributed by atoms with E-state index in [1.54, 1.807) is 0 Å². The van der Waals surface area contributed by atoms with Gasteiger partial charge < -0.3 is 24.1 Å². The minimum atomic E-state index is -0.679. The Morgan fingerprint density at radius 3 is 2.25 bits per heavy atom. The molecule has 0 aromatic rings. The van der Waals surface area contributed by atoms with Gasteiger partial charge in [0.05, 0.1) is 18.8 Å². The third-order valence-corrected chi connectivity index (χ3v) is 4.12. The maximum Gasteiger partial charge on any atom is 0.163 e. The summed E-state index contributed by atoms with van der Waals surface area (Å²) < 4.78 is 23.7. The van der Waals surface area contributed by atoms with Crippen molar-refractivity contribution < 1.29 is 24.1 Å². The van der Waals surface area contributed by atoms with E-state index in [-0.39, 0.29) is 36.8 Å². The quantitative estimate of drug-likeness (QED) is 0.860. The number of aliphatic hydroxyl groups excluding tert-OH is 1. The zero-order valence-corrected chi connectivity index (χ0v) is 13.4. The van der Waals surface area contributed by atoms with Crippen LogP contribution in [0.25, 0.3) is 0 Å². The molecule has 118 valence electrons. The lowest BCUT2D eigenvalue weighted by Gasteiger charge is -2.48. The Kier molecular flexibility index (Phi) is 4.48. The van der Waals surface area contributed by atoms with Crippen LogP contribution in [0.4, 0.5) is 0 Å². The molecule has 0 saturated carbocycles. The molecular formula is C15H28O5. The van der Waals surface area contributed by atoms with Gasteiger partial charge in [0.25, 0.3) is 0 Å². The van der Waals surface area contributed by atoms with Gasteiger partial charge in [0.15, 0.2) is 11.6 Å². The molecule has 0 aromatic heterocycles. The molecule has 2 saturated heterocycles. The summed E-state index contributed by atoms with van der Waals surface area (Å²) in [6, 6.07) is 0. The van der Waals surface area contributed by atoms with Gasteiger partial charge in [0, 0.05) is 18.4 Å². The standard InChI is InChI=1S/C15H28O5/c1-9(7-16)12-10(2)13(20-15(5,6)19-12)11-8-17-14(3,4)18-11/h9-13,16H,7-8H2,1-6H3/t9-,10+,11-,12-,13+/m1/s1. The third kappa shape index (κ3) is 3.34. The van der Waals surface area contributed by atoms with Crippen LogP contribution >= 0.6 is 0 Å². The largest absolute Gasteiger partial charge is 0.396 e. The van der Waals surface area contributed by atoms with Crippen molar-refractivity contribution in [2.24, 2.45) is 11.8 Å². The molecule has 2 rings (SSSR count). The Hall–Kier alpha value is -0.200. The van der Waals surface area contributed by atoms with E-state index in [1.165, 1.54) is 0 Å². The minimum absolute atomic E-state index is 0.0546. The normalized spacial score (nSPS) is 41.5. The molecule has 0 bridgehead atoms. The molecule has 0 radical (unpaired) electrons. The zero-order valence-electron chi connectivity index (χ0n) is 13.4. The monoisotopic (exact) mass is 288 g/mol. The van der Waals surface area contributed by atoms with Crippen molar-refractivity contribution in [2.75, 3.05) is 13.2 Å². The van der Waals surface area contributed by atoms with Gasteiger partial charge in [-0.05, 0) is 27.7 Å². The van der Waals surface area contributed by atoms with Crippen molar-refractivity contribution in [2.45, 2.75) is 71.4 Å². The van der Waals surface area contributed by atoms with E-state index >= 15 is 0 Å². The van der Waals surface area contributed by atoms with Crippen molar-refractivity contribution in [3.8, 4) is 0 Å². The summed E-state index contributed by atoms with van der Waals surface area (Å²) in [5, 5.41) is 9.43. The van der Waals surface area contributed by atoms with E-state index in [0.717, 1.165) is 0 Å². The van der Waals surface area contributed by atoms with Gasteiger partial charge in [-0.15, -0.1) is 0 Å². The van der Waals surface area contributed by atoms with Crippen molar-refractivity contribution in [1.29, 1.82) is 0 Å². The summed E-state index contributed by atoms with van der Waals surface area (Å²) in [5.41, 5.74) is 0. The zero-order chi connectivity index (χ0) is 15.1. The molecular weight excluding hydrogens is 260 g/mol. The lowest BCUT2D eigenvalue weighted by atomic mass is 9.85. The van der Waals surface area contributed by atoms with Gasteiger partial charge in [0.2, 0.25) is 0 Å². The number of hydrogen-bond acceptors (Lipinski definition) is 5. The summed E-state index contributed by atoms with van der Waals surface area (Å²) in [7, 11) is 0. The fourth-order valence-electron chi connectivity index (χ4n) is 3.11. The maximum absolute atomic E-state index is 9.43. The highest BCUT2D eigenvalue weighted by Gasteiger charge is 2.49. The summed E-state index contributed by atoms with van der Waals surface area (Å²) in [4.78, 5) is 0. The Morgan fingerprint density at radius 2 is 1.75 bits per heavy atom. The predicted octanol–water partition coefficient (Wildman–Crippen LogP) is 1.92. The Morgan fingerprint density at radius 1 is 1.10 bits per heavy atom. The molecule has 0 aromatic carbocycles. The third-order valence-electron chi connectivity index (χ3n) is 4.12. The van der Waals surface area contributed by atoms with Crippen LogP contribution in [0, 0.1) is 11.8 Å².